The van der Waals surface area contributed by atoms with Crippen LogP contribution in [0.4, 0.5) is 5.69 Å². The van der Waals surface area contributed by atoms with Crippen molar-refractivity contribution in [1.82, 2.24) is 14.7 Å². The molecule has 0 aliphatic rings. The van der Waals surface area contributed by atoms with Gasteiger partial charge in [0.25, 0.3) is 5.91 Å². The topological polar surface area (TPSA) is 108 Å². The Bertz CT molecular complexity index is 840. The quantitative estimate of drug-likeness (QED) is 0.441. The van der Waals surface area contributed by atoms with Crippen LogP contribution < -0.4 is 0 Å². The minimum absolute atomic E-state index is 0.00996. The lowest BCUT2D eigenvalue weighted by Gasteiger charge is -2.10. The van der Waals surface area contributed by atoms with E-state index in [1.54, 1.807) is 56.9 Å². The van der Waals surface area contributed by atoms with Crippen molar-refractivity contribution in [3.05, 3.63) is 56.9 Å². The van der Waals surface area contributed by atoms with Crippen molar-refractivity contribution in [2.75, 3.05) is 20.7 Å². The van der Waals surface area contributed by atoms with E-state index in [1.807, 2.05) is 0 Å². The van der Waals surface area contributed by atoms with Crippen molar-refractivity contribution in [2.45, 2.75) is 20.4 Å². The van der Waals surface area contributed by atoms with E-state index in [-0.39, 0.29) is 18.2 Å². The molecule has 0 saturated carbocycles. The summed E-state index contributed by atoms with van der Waals surface area (Å²) < 4.78 is 6.50. The third-order valence-corrected chi connectivity index (χ3v) is 3.87. The third-order valence-electron chi connectivity index (χ3n) is 3.87. The molecule has 0 atom stereocenters. The molecule has 2 aromatic rings. The van der Waals surface area contributed by atoms with E-state index in [0.717, 1.165) is 5.56 Å². The molecule has 0 aliphatic heterocycles. The highest BCUT2D eigenvalue weighted by Gasteiger charge is 2.21. The van der Waals surface area contributed by atoms with Crippen molar-refractivity contribution < 1.29 is 19.2 Å². The highest BCUT2D eigenvalue weighted by molar-refractivity contribution is 5.91. The number of ether oxygens (including phenoxy) is 1. The van der Waals surface area contributed by atoms with Gasteiger partial charge in [0.1, 0.15) is 11.4 Å². The van der Waals surface area contributed by atoms with Crippen LogP contribution >= 0.6 is 0 Å². The van der Waals surface area contributed by atoms with Gasteiger partial charge in [-0.25, -0.2) is 4.79 Å². The Morgan fingerprint density at radius 1 is 1.23 bits per heavy atom. The summed E-state index contributed by atoms with van der Waals surface area (Å²) in [5.41, 5.74) is 1.98. The third kappa shape index (κ3) is 4.24. The van der Waals surface area contributed by atoms with Gasteiger partial charge in [0.05, 0.1) is 17.0 Å². The summed E-state index contributed by atoms with van der Waals surface area (Å²) in [7, 11) is 3.16. The van der Waals surface area contributed by atoms with Crippen LogP contribution in [0.3, 0.4) is 0 Å². The van der Waals surface area contributed by atoms with Crippen molar-refractivity contribution >= 4 is 17.6 Å². The Morgan fingerprint density at radius 2 is 1.85 bits per heavy atom. The Hall–Kier alpha value is -3.23. The van der Waals surface area contributed by atoms with Crippen molar-refractivity contribution in [2.24, 2.45) is 0 Å². The van der Waals surface area contributed by atoms with Crippen molar-refractivity contribution in [1.29, 1.82) is 0 Å². The average molecular weight is 360 g/mol. The lowest BCUT2D eigenvalue weighted by atomic mass is 10.1. The van der Waals surface area contributed by atoms with E-state index in [9.17, 15) is 19.7 Å². The van der Waals surface area contributed by atoms with E-state index < -0.39 is 10.9 Å². The Labute approximate surface area is 150 Å². The monoisotopic (exact) mass is 360 g/mol. The van der Waals surface area contributed by atoms with Gasteiger partial charge in [0.2, 0.25) is 0 Å². The van der Waals surface area contributed by atoms with Crippen LogP contribution in [0.5, 0.6) is 0 Å². The van der Waals surface area contributed by atoms with Crippen LogP contribution in [0.1, 0.15) is 27.3 Å². The molecule has 1 aromatic heterocycles. The number of hydrogen-bond acceptors (Lipinski definition) is 6. The number of amides is 1. The van der Waals surface area contributed by atoms with Gasteiger partial charge < -0.3 is 9.64 Å². The first-order chi connectivity index (χ1) is 12.2. The molecular weight excluding hydrogens is 340 g/mol. The molecule has 0 radical (unpaired) electrons. The van der Waals surface area contributed by atoms with Crippen molar-refractivity contribution in [3.63, 3.8) is 0 Å². The maximum absolute atomic E-state index is 11.9. The number of benzene rings is 1. The molecule has 0 spiro atoms. The smallest absolute Gasteiger partial charge is 0.338 e. The van der Waals surface area contributed by atoms with Gasteiger partial charge >= 0.3 is 11.7 Å². The van der Waals surface area contributed by atoms with Crippen molar-refractivity contribution in [3.8, 4) is 0 Å². The molecule has 26 heavy (non-hydrogen) atoms. The van der Waals surface area contributed by atoms with Gasteiger partial charge in [0.15, 0.2) is 6.61 Å². The number of carbonyl (C=O) groups excluding carboxylic acids is 2. The summed E-state index contributed by atoms with van der Waals surface area (Å²) >= 11 is 0. The number of rotatable bonds is 6. The zero-order chi connectivity index (χ0) is 19.4. The first kappa shape index (κ1) is 19.1. The lowest BCUT2D eigenvalue weighted by Crippen LogP contribution is -2.27. The summed E-state index contributed by atoms with van der Waals surface area (Å²) in [5.74, 6) is -0.894. The van der Waals surface area contributed by atoms with Crippen LogP contribution in [0, 0.1) is 24.0 Å². The second kappa shape index (κ2) is 7.77. The fourth-order valence-corrected chi connectivity index (χ4v) is 2.36. The largest absolute Gasteiger partial charge is 0.452 e. The zero-order valence-electron chi connectivity index (χ0n) is 15.1. The van der Waals surface area contributed by atoms with Gasteiger partial charge in [-0.1, -0.05) is 12.1 Å². The number of hydrogen-bond donors (Lipinski definition) is 0. The molecule has 0 N–H and O–H groups in total. The molecule has 1 amide bonds. The van der Waals surface area contributed by atoms with E-state index in [0.29, 0.717) is 23.5 Å². The minimum Gasteiger partial charge on any atom is -0.452 e. The van der Waals surface area contributed by atoms with E-state index in [4.69, 9.17) is 4.74 Å². The summed E-state index contributed by atoms with van der Waals surface area (Å²) in [4.78, 5) is 35.3. The maximum atomic E-state index is 11.9. The van der Waals surface area contributed by atoms with Crippen LogP contribution in [-0.4, -0.2) is 52.2 Å². The Morgan fingerprint density at radius 3 is 2.35 bits per heavy atom. The zero-order valence-corrected chi connectivity index (χ0v) is 15.1. The molecule has 9 heteroatoms. The fourth-order valence-electron chi connectivity index (χ4n) is 2.36. The van der Waals surface area contributed by atoms with Crippen LogP contribution in [0.15, 0.2) is 24.3 Å². The molecule has 9 nitrogen and oxygen atoms in total. The fraction of sp³-hybridized carbons (Fsp3) is 0.353. The second-order valence-electron chi connectivity index (χ2n) is 6.00. The summed E-state index contributed by atoms with van der Waals surface area (Å²) in [5, 5.41) is 15.2. The van der Waals surface area contributed by atoms with E-state index in [1.165, 1.54) is 4.90 Å². The molecular formula is C17H20N4O5. The first-order valence-corrected chi connectivity index (χ1v) is 7.85. The minimum atomic E-state index is -0.589. The number of likely N-dealkylation sites (N-methyl/N-ethyl adjacent to an activating group) is 1. The predicted octanol–water partition coefficient (Wildman–Crippen LogP) is 1.70. The second-order valence-corrected chi connectivity index (χ2v) is 6.00. The molecule has 0 unspecified atom stereocenters. The predicted molar refractivity (Wildman–Crippen MR) is 92.9 cm³/mol. The number of nitro groups is 1. The summed E-state index contributed by atoms with van der Waals surface area (Å²) in [6.07, 6.45) is 0. The Balaban J connectivity index is 2.06. The van der Waals surface area contributed by atoms with E-state index >= 15 is 0 Å². The standard InChI is InChI=1S/C17H20N4O5/c1-11-16(21(24)25)12(2)20(18-11)9-13-5-7-14(8-6-13)17(23)26-10-15(22)19(3)4/h5-8H,9-10H2,1-4H3. The highest BCUT2D eigenvalue weighted by atomic mass is 16.6. The van der Waals surface area contributed by atoms with Crippen LogP contribution in [-0.2, 0) is 16.1 Å². The molecule has 2 rings (SSSR count). The SMILES string of the molecule is Cc1nn(Cc2ccc(C(=O)OCC(=O)N(C)C)cc2)c(C)c1[N+](=O)[O-]. The normalized spacial score (nSPS) is 10.5. The molecule has 138 valence electrons. The highest BCUT2D eigenvalue weighted by Crippen LogP contribution is 2.22. The van der Waals surface area contributed by atoms with Crippen LogP contribution in [0.25, 0.3) is 0 Å². The van der Waals surface area contributed by atoms with Gasteiger partial charge in [-0.3, -0.25) is 19.6 Å². The van der Waals surface area contributed by atoms with Gasteiger partial charge in [0, 0.05) is 14.1 Å². The number of carbonyl (C=O) groups is 2. The number of nitrogens with zero attached hydrogens (tertiary/aromatic N) is 4. The Kier molecular flexibility index (Phi) is 5.71. The molecule has 0 fully saturated rings. The molecule has 0 saturated heterocycles. The summed E-state index contributed by atoms with van der Waals surface area (Å²) in [6.45, 7) is 3.26. The molecule has 0 bridgehead atoms. The molecule has 0 aliphatic carbocycles. The summed E-state index contributed by atoms with van der Waals surface area (Å²) in [6, 6.07) is 6.59. The van der Waals surface area contributed by atoms with Gasteiger partial charge in [-0.05, 0) is 31.5 Å². The number of esters is 1. The van der Waals surface area contributed by atoms with E-state index in [2.05, 4.69) is 5.10 Å². The number of aromatic nitrogens is 2. The first-order valence-electron chi connectivity index (χ1n) is 7.85. The number of aryl methyl sites for hydroxylation is 1. The van der Waals surface area contributed by atoms with Gasteiger partial charge in [-0.15, -0.1) is 0 Å². The lowest BCUT2D eigenvalue weighted by molar-refractivity contribution is -0.386. The molecule has 1 aromatic carbocycles. The van der Waals surface area contributed by atoms with Gasteiger partial charge in [-0.2, -0.15) is 5.10 Å². The maximum Gasteiger partial charge on any atom is 0.338 e. The van der Waals surface area contributed by atoms with Crippen LogP contribution in [0.2, 0.25) is 0 Å². The molecule has 1 heterocycles. The average Bonchev–Trinajstić information content (AvgIpc) is 2.86.